The first-order chi connectivity index (χ1) is 16.5. The molecule has 2 amide bonds. The molecule has 0 unspecified atom stereocenters. The van der Waals surface area contributed by atoms with Crippen LogP contribution in [0.5, 0.6) is 0 Å². The third kappa shape index (κ3) is 6.20. The third-order valence-corrected chi connectivity index (χ3v) is 6.06. The Bertz CT molecular complexity index is 1380. The molecule has 0 atom stereocenters. The number of nitrogens with two attached hydrogens (primary N) is 1. The van der Waals surface area contributed by atoms with Gasteiger partial charge in [-0.2, -0.15) is 4.98 Å². The maximum absolute atomic E-state index is 14.4. The highest BCUT2D eigenvalue weighted by atomic mass is 32.2. The van der Waals surface area contributed by atoms with Crippen LogP contribution in [0.25, 0.3) is 0 Å². The van der Waals surface area contributed by atoms with Crippen LogP contribution in [0.15, 0.2) is 48.7 Å². The number of primary amides is 1. The molecule has 3 aromatic rings. The van der Waals surface area contributed by atoms with Gasteiger partial charge in [0.1, 0.15) is 17.2 Å². The summed E-state index contributed by atoms with van der Waals surface area (Å²) in [5, 5.41) is 8.25. The lowest BCUT2D eigenvalue weighted by atomic mass is 10.2. The normalized spacial score (nSPS) is 11.0. The van der Waals surface area contributed by atoms with E-state index in [9.17, 15) is 22.4 Å². The smallest absolute Gasteiger partial charge is 0.254 e. The fourth-order valence-corrected chi connectivity index (χ4v) is 3.46. The quantitative estimate of drug-likeness (QED) is 0.348. The predicted molar refractivity (Wildman–Crippen MR) is 132 cm³/mol. The van der Waals surface area contributed by atoms with Crippen molar-refractivity contribution in [2.45, 2.75) is 13.3 Å². The number of sulfonamides is 1. The number of nitrogens with one attached hydrogen (secondary N) is 3. The molecule has 0 radical (unpaired) electrons. The van der Waals surface area contributed by atoms with Crippen LogP contribution in [0.1, 0.15) is 23.7 Å². The van der Waals surface area contributed by atoms with Gasteiger partial charge in [-0.25, -0.2) is 17.8 Å². The first kappa shape index (κ1) is 25.4. The molecule has 1 aromatic heterocycles. The molecule has 0 aliphatic heterocycles. The van der Waals surface area contributed by atoms with Gasteiger partial charge >= 0.3 is 0 Å². The number of para-hydroxylation sites is 2. The molecule has 0 bridgehead atoms. The van der Waals surface area contributed by atoms with Gasteiger partial charge in [-0.15, -0.1) is 0 Å². The number of halogens is 1. The van der Waals surface area contributed by atoms with Gasteiger partial charge in [0.25, 0.3) is 5.91 Å². The van der Waals surface area contributed by atoms with Gasteiger partial charge in [-0.05, 0) is 30.3 Å². The van der Waals surface area contributed by atoms with E-state index < -0.39 is 21.7 Å². The fraction of sp³-hybridized carbons (Fsp3) is 0.182. The molecule has 5 N–H and O–H groups in total. The number of aromatic nitrogens is 2. The summed E-state index contributed by atoms with van der Waals surface area (Å²) >= 11 is 0. The molecular formula is C22H24FN7O4S. The summed E-state index contributed by atoms with van der Waals surface area (Å²) in [4.78, 5) is 31.9. The Morgan fingerprint density at radius 2 is 1.83 bits per heavy atom. The van der Waals surface area contributed by atoms with Crippen molar-refractivity contribution in [3.63, 3.8) is 0 Å². The van der Waals surface area contributed by atoms with Crippen LogP contribution in [0.2, 0.25) is 0 Å². The van der Waals surface area contributed by atoms with Crippen LogP contribution in [-0.2, 0) is 14.8 Å². The Kier molecular flexibility index (Phi) is 7.49. The lowest BCUT2D eigenvalue weighted by Gasteiger charge is -2.21. The highest BCUT2D eigenvalue weighted by Gasteiger charge is 2.19. The van der Waals surface area contributed by atoms with Crippen molar-refractivity contribution >= 4 is 56.4 Å². The second-order valence-electron chi connectivity index (χ2n) is 7.41. The molecule has 13 heteroatoms. The lowest BCUT2D eigenvalue weighted by Crippen LogP contribution is -2.25. The van der Waals surface area contributed by atoms with E-state index in [2.05, 4.69) is 25.9 Å². The Labute approximate surface area is 201 Å². The molecule has 0 aliphatic carbocycles. The maximum atomic E-state index is 14.4. The first-order valence-corrected chi connectivity index (χ1v) is 12.2. The molecule has 1 heterocycles. The molecule has 2 aromatic carbocycles. The number of carbonyl (C=O) groups excluding carboxylic acids is 2. The van der Waals surface area contributed by atoms with Gasteiger partial charge in [-0.3, -0.25) is 13.9 Å². The second kappa shape index (κ2) is 10.3. The topological polar surface area (TPSA) is 159 Å². The molecule has 11 nitrogen and oxygen atoms in total. The SMILES string of the molecule is CCC(=O)Nc1ccc(F)c(Nc2ncc(C(N)=O)c(Nc3ccccc3N(C)S(C)(=O)=O)n2)c1. The van der Waals surface area contributed by atoms with E-state index >= 15 is 0 Å². The monoisotopic (exact) mass is 501 g/mol. The number of hydrogen-bond acceptors (Lipinski definition) is 8. The summed E-state index contributed by atoms with van der Waals surface area (Å²) in [5.41, 5.74) is 6.35. The lowest BCUT2D eigenvalue weighted by molar-refractivity contribution is -0.115. The van der Waals surface area contributed by atoms with E-state index in [0.29, 0.717) is 17.1 Å². The number of carbonyl (C=O) groups is 2. The molecule has 0 spiro atoms. The Hall–Kier alpha value is -4.26. The van der Waals surface area contributed by atoms with Crippen LogP contribution in [0.4, 0.5) is 38.9 Å². The average Bonchev–Trinajstić information content (AvgIpc) is 2.80. The van der Waals surface area contributed by atoms with Gasteiger partial charge in [0.15, 0.2) is 0 Å². The molecule has 3 rings (SSSR count). The summed E-state index contributed by atoms with van der Waals surface area (Å²) in [7, 11) is -2.20. The maximum Gasteiger partial charge on any atom is 0.254 e. The van der Waals surface area contributed by atoms with Crippen LogP contribution >= 0.6 is 0 Å². The molecule has 0 fully saturated rings. The Balaban J connectivity index is 1.98. The zero-order chi connectivity index (χ0) is 25.8. The highest BCUT2D eigenvalue weighted by Crippen LogP contribution is 2.30. The standard InChI is InChI=1S/C22H24FN7O4S/c1-4-19(31)26-13-9-10-15(23)17(11-13)28-22-25-12-14(20(24)32)21(29-22)27-16-7-5-6-8-18(16)30(2)35(3,33)34/h5-12H,4H2,1-3H3,(H2,24,32)(H,26,31)(H2,25,27,28,29). The van der Waals surface area contributed by atoms with Crippen molar-refractivity contribution in [3.05, 3.63) is 60.0 Å². The van der Waals surface area contributed by atoms with Crippen molar-refractivity contribution < 1.29 is 22.4 Å². The van der Waals surface area contributed by atoms with Crippen molar-refractivity contribution in [1.29, 1.82) is 0 Å². The zero-order valence-corrected chi connectivity index (χ0v) is 20.0. The van der Waals surface area contributed by atoms with E-state index in [-0.39, 0.29) is 35.3 Å². The minimum Gasteiger partial charge on any atom is -0.365 e. The van der Waals surface area contributed by atoms with Gasteiger partial charge in [-0.1, -0.05) is 19.1 Å². The second-order valence-corrected chi connectivity index (χ2v) is 9.43. The van der Waals surface area contributed by atoms with Gasteiger partial charge < -0.3 is 21.7 Å². The Morgan fingerprint density at radius 3 is 2.49 bits per heavy atom. The van der Waals surface area contributed by atoms with Crippen molar-refractivity contribution in [2.75, 3.05) is 33.6 Å². The summed E-state index contributed by atoms with van der Waals surface area (Å²) in [6.07, 6.45) is 2.46. The van der Waals surface area contributed by atoms with E-state index in [1.165, 1.54) is 25.2 Å². The van der Waals surface area contributed by atoms with Crippen molar-refractivity contribution in [3.8, 4) is 0 Å². The summed E-state index contributed by atoms with van der Waals surface area (Å²) in [5.74, 6) is -1.81. The first-order valence-electron chi connectivity index (χ1n) is 10.3. The van der Waals surface area contributed by atoms with Crippen LogP contribution in [-0.4, -0.2) is 43.5 Å². The predicted octanol–water partition coefficient (Wildman–Crippen LogP) is 2.95. The number of nitrogens with zero attached hydrogens (tertiary/aromatic N) is 3. The molecule has 0 aliphatic rings. The van der Waals surface area contributed by atoms with Crippen LogP contribution in [0, 0.1) is 5.82 Å². The van der Waals surface area contributed by atoms with Crippen LogP contribution < -0.4 is 26.0 Å². The molecule has 35 heavy (non-hydrogen) atoms. The number of benzene rings is 2. The number of hydrogen-bond donors (Lipinski definition) is 4. The van der Waals surface area contributed by atoms with Gasteiger partial charge in [0.05, 0.1) is 23.3 Å². The summed E-state index contributed by atoms with van der Waals surface area (Å²) < 4.78 is 39.5. The molecule has 0 saturated carbocycles. The molecule has 0 saturated heterocycles. The summed E-state index contributed by atoms with van der Waals surface area (Å²) in [6, 6.07) is 10.4. The van der Waals surface area contributed by atoms with E-state index in [1.807, 2.05) is 0 Å². The average molecular weight is 502 g/mol. The third-order valence-electron chi connectivity index (χ3n) is 4.87. The molecule has 184 valence electrons. The summed E-state index contributed by atoms with van der Waals surface area (Å²) in [6.45, 7) is 1.69. The van der Waals surface area contributed by atoms with Gasteiger partial charge in [0.2, 0.25) is 21.9 Å². The minimum atomic E-state index is -3.58. The minimum absolute atomic E-state index is 0.0195. The Morgan fingerprint density at radius 1 is 1.11 bits per heavy atom. The van der Waals surface area contributed by atoms with Crippen LogP contribution in [0.3, 0.4) is 0 Å². The number of anilines is 6. The number of amides is 2. The highest BCUT2D eigenvalue weighted by molar-refractivity contribution is 7.92. The van der Waals surface area contributed by atoms with Crippen molar-refractivity contribution in [1.82, 2.24) is 9.97 Å². The number of rotatable bonds is 9. The van der Waals surface area contributed by atoms with E-state index in [0.717, 1.165) is 16.8 Å². The largest absolute Gasteiger partial charge is 0.365 e. The zero-order valence-electron chi connectivity index (χ0n) is 19.2. The van der Waals surface area contributed by atoms with E-state index in [4.69, 9.17) is 5.73 Å². The van der Waals surface area contributed by atoms with E-state index in [1.54, 1.807) is 31.2 Å². The fourth-order valence-electron chi connectivity index (χ4n) is 2.95. The van der Waals surface area contributed by atoms with Gasteiger partial charge in [0, 0.05) is 25.4 Å². The van der Waals surface area contributed by atoms with Crippen molar-refractivity contribution in [2.24, 2.45) is 5.73 Å². The molecular weight excluding hydrogens is 477 g/mol.